The van der Waals surface area contributed by atoms with Crippen molar-refractivity contribution < 1.29 is 28.9 Å². The van der Waals surface area contributed by atoms with Gasteiger partial charge in [-0.15, -0.1) is 0 Å². The van der Waals surface area contributed by atoms with Gasteiger partial charge in [-0.3, -0.25) is 9.78 Å². The number of hydrogen-bond donors (Lipinski definition) is 3. The minimum absolute atomic E-state index is 0.000540. The molecule has 48 heavy (non-hydrogen) atoms. The van der Waals surface area contributed by atoms with Crippen molar-refractivity contribution in [3.05, 3.63) is 125 Å². The van der Waals surface area contributed by atoms with Crippen LogP contribution in [-0.4, -0.2) is 66.4 Å². The molecule has 3 aromatic carbocycles. The zero-order valence-corrected chi connectivity index (χ0v) is 27.5. The summed E-state index contributed by atoms with van der Waals surface area (Å²) in [5.41, 5.74) is 6.85. The van der Waals surface area contributed by atoms with Crippen molar-refractivity contribution in [1.82, 2.24) is 20.5 Å². The Morgan fingerprint density at radius 3 is 2.44 bits per heavy atom. The maximum atomic E-state index is 12.1. The van der Waals surface area contributed by atoms with Crippen molar-refractivity contribution in [2.24, 2.45) is 0 Å². The average molecular weight is 653 g/mol. The number of ether oxygens (including phenoxy) is 3. The Balaban J connectivity index is 1.24. The van der Waals surface area contributed by atoms with E-state index >= 15 is 0 Å². The van der Waals surface area contributed by atoms with Gasteiger partial charge in [-0.25, -0.2) is 4.79 Å². The van der Waals surface area contributed by atoms with E-state index in [4.69, 9.17) is 14.2 Å². The molecular formula is C38H44N4O6. The molecule has 0 saturated carbocycles. The molecular weight excluding hydrogens is 608 g/mol. The number of esters is 1. The van der Waals surface area contributed by atoms with Crippen molar-refractivity contribution in [2.75, 3.05) is 33.3 Å². The number of aliphatic hydroxyl groups is 1. The Bertz CT molecular complexity index is 1600. The maximum absolute atomic E-state index is 12.1. The SMILES string of the molecule is CCOC(=O)CNC(=O)NCc1cccc(-c2ccc([C@H]3O[C@@H](CN(C)CCc4ccccn4)C[C@@H](c4ccc(CO)cc4)O3)cc2)c1. The molecule has 0 spiro atoms. The highest BCUT2D eigenvalue weighted by atomic mass is 16.7. The van der Waals surface area contributed by atoms with Crippen LogP contribution in [0.4, 0.5) is 4.79 Å². The summed E-state index contributed by atoms with van der Waals surface area (Å²) in [5, 5.41) is 14.8. The van der Waals surface area contributed by atoms with Gasteiger partial charge in [0.15, 0.2) is 6.29 Å². The third-order valence-electron chi connectivity index (χ3n) is 8.20. The zero-order valence-electron chi connectivity index (χ0n) is 27.5. The predicted octanol–water partition coefficient (Wildman–Crippen LogP) is 5.32. The van der Waals surface area contributed by atoms with Crippen LogP contribution in [0, 0.1) is 0 Å². The van der Waals surface area contributed by atoms with E-state index in [1.165, 1.54) is 0 Å². The molecule has 3 N–H and O–H groups in total. The van der Waals surface area contributed by atoms with Gasteiger partial charge in [0.25, 0.3) is 0 Å². The molecule has 1 aromatic heterocycles. The number of hydrogen-bond acceptors (Lipinski definition) is 8. The number of benzene rings is 3. The van der Waals surface area contributed by atoms with E-state index in [0.29, 0.717) is 13.0 Å². The van der Waals surface area contributed by atoms with Crippen LogP contribution in [0.2, 0.25) is 0 Å². The van der Waals surface area contributed by atoms with Gasteiger partial charge < -0.3 is 34.9 Å². The lowest BCUT2D eigenvalue weighted by molar-refractivity contribution is -0.252. The molecule has 2 amide bonds. The number of rotatable bonds is 14. The van der Waals surface area contributed by atoms with Crippen LogP contribution in [0.15, 0.2) is 97.2 Å². The number of aliphatic hydroxyl groups excluding tert-OH is 1. The number of amides is 2. The number of aromatic nitrogens is 1. The summed E-state index contributed by atoms with van der Waals surface area (Å²) in [6, 6.07) is 29.6. The lowest BCUT2D eigenvalue weighted by Crippen LogP contribution is -2.38. The second-order valence-electron chi connectivity index (χ2n) is 11.8. The number of carbonyl (C=O) groups is 2. The molecule has 3 atom stereocenters. The fourth-order valence-electron chi connectivity index (χ4n) is 5.63. The fraction of sp³-hybridized carbons (Fsp3) is 0.342. The molecule has 1 saturated heterocycles. The van der Waals surface area contributed by atoms with Gasteiger partial charge in [0.05, 0.1) is 25.4 Å². The molecule has 5 rings (SSSR count). The molecule has 1 fully saturated rings. The van der Waals surface area contributed by atoms with Gasteiger partial charge in [0, 0.05) is 49.9 Å². The Morgan fingerprint density at radius 1 is 0.917 bits per heavy atom. The van der Waals surface area contributed by atoms with Crippen LogP contribution in [-0.2, 0) is 38.6 Å². The summed E-state index contributed by atoms with van der Waals surface area (Å²) < 4.78 is 18.0. The topological polar surface area (TPSA) is 122 Å². The summed E-state index contributed by atoms with van der Waals surface area (Å²) in [7, 11) is 2.11. The van der Waals surface area contributed by atoms with Crippen LogP contribution in [0.3, 0.4) is 0 Å². The lowest BCUT2D eigenvalue weighted by atomic mass is 9.99. The van der Waals surface area contributed by atoms with Crippen LogP contribution in [0.25, 0.3) is 11.1 Å². The van der Waals surface area contributed by atoms with Crippen molar-refractivity contribution in [2.45, 2.75) is 51.4 Å². The van der Waals surface area contributed by atoms with E-state index in [1.54, 1.807) is 6.92 Å². The Labute approximate surface area is 282 Å². The minimum atomic E-state index is -0.548. The third kappa shape index (κ3) is 10.2. The summed E-state index contributed by atoms with van der Waals surface area (Å²) in [6.07, 6.45) is 2.63. The fourth-order valence-corrected chi connectivity index (χ4v) is 5.63. The second-order valence-corrected chi connectivity index (χ2v) is 11.8. The quantitative estimate of drug-likeness (QED) is 0.157. The largest absolute Gasteiger partial charge is 0.465 e. The van der Waals surface area contributed by atoms with Gasteiger partial charge in [-0.2, -0.15) is 0 Å². The molecule has 0 aliphatic carbocycles. The Kier molecular flexibility index (Phi) is 12.7. The van der Waals surface area contributed by atoms with Crippen LogP contribution in [0.5, 0.6) is 0 Å². The number of nitrogens with zero attached hydrogens (tertiary/aromatic N) is 2. The second kappa shape index (κ2) is 17.5. The van der Waals surface area contributed by atoms with E-state index < -0.39 is 18.3 Å². The molecule has 252 valence electrons. The number of likely N-dealkylation sites (N-methyl/N-ethyl adjacent to an activating group) is 1. The highest BCUT2D eigenvalue weighted by molar-refractivity contribution is 5.80. The van der Waals surface area contributed by atoms with Crippen LogP contribution >= 0.6 is 0 Å². The average Bonchev–Trinajstić information content (AvgIpc) is 3.13. The van der Waals surface area contributed by atoms with Crippen molar-refractivity contribution in [3.8, 4) is 11.1 Å². The monoisotopic (exact) mass is 652 g/mol. The highest BCUT2D eigenvalue weighted by Crippen LogP contribution is 2.38. The lowest BCUT2D eigenvalue weighted by Gasteiger charge is -2.38. The van der Waals surface area contributed by atoms with E-state index in [-0.39, 0.29) is 32.0 Å². The zero-order chi connectivity index (χ0) is 33.7. The van der Waals surface area contributed by atoms with Gasteiger partial charge in [0.1, 0.15) is 6.54 Å². The summed E-state index contributed by atoms with van der Waals surface area (Å²) >= 11 is 0. The number of carbonyl (C=O) groups excluding carboxylic acids is 2. The van der Waals surface area contributed by atoms with E-state index in [2.05, 4.69) is 27.6 Å². The first-order chi connectivity index (χ1) is 23.4. The van der Waals surface area contributed by atoms with Gasteiger partial charge >= 0.3 is 12.0 Å². The number of urea groups is 1. The summed E-state index contributed by atoms with van der Waals surface area (Å²) in [4.78, 5) is 30.3. The van der Waals surface area contributed by atoms with Crippen molar-refractivity contribution in [3.63, 3.8) is 0 Å². The molecule has 10 nitrogen and oxygen atoms in total. The van der Waals surface area contributed by atoms with E-state index in [0.717, 1.165) is 58.6 Å². The smallest absolute Gasteiger partial charge is 0.325 e. The van der Waals surface area contributed by atoms with Crippen molar-refractivity contribution >= 4 is 12.0 Å². The van der Waals surface area contributed by atoms with Crippen molar-refractivity contribution in [1.29, 1.82) is 0 Å². The standard InChI is InChI=1S/C38H44N4O6/c1-3-46-36(44)24-41-38(45)40-23-28-7-6-8-32(21-28)29-14-16-31(17-15-29)37-47-34(25-42(2)20-18-33-9-4-5-19-39-33)22-35(48-37)30-12-10-27(26-43)11-13-30/h4-17,19,21,34-35,37,43H,3,18,20,22-26H2,1-2H3,(H2,40,41,45)/t34-,35+,37+/m1/s1. The number of nitrogens with one attached hydrogen (secondary N) is 2. The highest BCUT2D eigenvalue weighted by Gasteiger charge is 2.32. The molecule has 4 aromatic rings. The molecule has 2 heterocycles. The summed E-state index contributed by atoms with van der Waals surface area (Å²) in [6.45, 7) is 3.72. The first kappa shape index (κ1) is 34.7. The van der Waals surface area contributed by atoms with E-state index in [9.17, 15) is 14.7 Å². The van der Waals surface area contributed by atoms with Gasteiger partial charge in [-0.05, 0) is 60.0 Å². The van der Waals surface area contributed by atoms with Crippen LogP contribution in [0.1, 0.15) is 53.7 Å². The van der Waals surface area contributed by atoms with Gasteiger partial charge in [0.2, 0.25) is 0 Å². The number of pyridine rings is 1. The molecule has 1 aliphatic heterocycles. The van der Waals surface area contributed by atoms with Gasteiger partial charge in [-0.1, -0.05) is 72.8 Å². The van der Waals surface area contributed by atoms with Crippen LogP contribution < -0.4 is 10.6 Å². The first-order valence-corrected chi connectivity index (χ1v) is 16.4. The Hall–Kier alpha value is -4.61. The first-order valence-electron chi connectivity index (χ1n) is 16.4. The summed E-state index contributed by atoms with van der Waals surface area (Å²) in [5.74, 6) is -0.478. The third-order valence-corrected chi connectivity index (χ3v) is 8.20. The molecule has 0 bridgehead atoms. The molecule has 0 radical (unpaired) electrons. The van der Waals surface area contributed by atoms with E-state index in [1.807, 2.05) is 97.2 Å². The molecule has 10 heteroatoms. The predicted molar refractivity (Wildman–Crippen MR) is 183 cm³/mol. The Morgan fingerprint density at radius 2 is 1.71 bits per heavy atom. The minimum Gasteiger partial charge on any atom is -0.465 e. The molecule has 1 aliphatic rings. The maximum Gasteiger partial charge on any atom is 0.325 e. The normalized spacial score (nSPS) is 17.5. The molecule has 0 unspecified atom stereocenters.